The van der Waals surface area contributed by atoms with Crippen molar-refractivity contribution in [1.82, 2.24) is 24.9 Å². The van der Waals surface area contributed by atoms with Crippen LogP contribution in [-0.4, -0.2) is 24.9 Å². The quantitative estimate of drug-likeness (QED) is 0.614. The molecule has 0 saturated heterocycles. The molecule has 0 aliphatic heterocycles. The zero-order valence-electron chi connectivity index (χ0n) is 17.4. The van der Waals surface area contributed by atoms with Crippen molar-refractivity contribution < 1.29 is 0 Å². The van der Waals surface area contributed by atoms with Crippen molar-refractivity contribution >= 4 is 0 Å². The van der Waals surface area contributed by atoms with E-state index >= 15 is 0 Å². The van der Waals surface area contributed by atoms with E-state index in [4.69, 9.17) is 0 Å². The summed E-state index contributed by atoms with van der Waals surface area (Å²) in [5.41, 5.74) is 0. The summed E-state index contributed by atoms with van der Waals surface area (Å²) in [5, 5.41) is 0. The second-order valence-electron chi connectivity index (χ2n) is 5.16. The molecule has 0 spiro atoms. The predicted octanol–water partition coefficient (Wildman–Crippen LogP) is 5.73. The Balaban J connectivity index is -0.000000106. The zero-order chi connectivity index (χ0) is 19.6. The molecule has 0 aliphatic carbocycles. The number of hydrogen-bond donors (Lipinski definition) is 0. The van der Waals surface area contributed by atoms with Crippen molar-refractivity contribution in [2.24, 2.45) is 11.8 Å². The number of aromatic nitrogens is 5. The van der Waals surface area contributed by atoms with E-state index in [2.05, 4.69) is 66.5 Å². The van der Waals surface area contributed by atoms with Crippen LogP contribution in [0.25, 0.3) is 0 Å². The third-order valence-electron chi connectivity index (χ3n) is 0.878. The molecule has 5 heteroatoms. The van der Waals surface area contributed by atoms with Gasteiger partial charge >= 0.3 is 0 Å². The van der Waals surface area contributed by atoms with Crippen LogP contribution in [0.2, 0.25) is 0 Å². The molecule has 0 aliphatic rings. The van der Waals surface area contributed by atoms with E-state index in [1.807, 2.05) is 27.7 Å². The Morgan fingerprint density at radius 1 is 0.458 bits per heavy atom. The van der Waals surface area contributed by atoms with Crippen molar-refractivity contribution in [2.45, 2.75) is 69.2 Å². The van der Waals surface area contributed by atoms with Crippen molar-refractivity contribution in [3.63, 3.8) is 0 Å². The minimum absolute atomic E-state index is 0.833. The van der Waals surface area contributed by atoms with Gasteiger partial charge in [-0.2, -0.15) is 0 Å². The lowest BCUT2D eigenvalue weighted by Gasteiger charge is -1.79. The Morgan fingerprint density at radius 2 is 0.667 bits per heavy atom. The fourth-order valence-corrected chi connectivity index (χ4v) is 0.458. The summed E-state index contributed by atoms with van der Waals surface area (Å²) < 4.78 is 0. The topological polar surface area (TPSA) is 64.5 Å². The highest BCUT2D eigenvalue weighted by molar-refractivity contribution is 4.74. The SMILES string of the molecule is CC.CC.CC(C)C.CC(C)C.c1cncnc1.c1ncncn1. The largest absolute Gasteiger partial charge is 0.245 e. The van der Waals surface area contributed by atoms with Crippen molar-refractivity contribution in [2.75, 3.05) is 0 Å². The molecule has 2 rings (SSSR count). The highest BCUT2D eigenvalue weighted by Gasteiger charge is 1.68. The summed E-state index contributed by atoms with van der Waals surface area (Å²) >= 11 is 0. The van der Waals surface area contributed by atoms with Gasteiger partial charge in [0.25, 0.3) is 0 Å². The van der Waals surface area contributed by atoms with Gasteiger partial charge < -0.3 is 0 Å². The molecule has 0 unspecified atom stereocenters. The average molecular weight is 338 g/mol. The third kappa shape index (κ3) is 71.9. The van der Waals surface area contributed by atoms with Crippen LogP contribution in [0.3, 0.4) is 0 Å². The second-order valence-corrected chi connectivity index (χ2v) is 5.16. The van der Waals surface area contributed by atoms with E-state index in [1.54, 1.807) is 18.5 Å². The lowest BCUT2D eigenvalue weighted by atomic mass is 10.3. The van der Waals surface area contributed by atoms with Gasteiger partial charge in [0.1, 0.15) is 25.3 Å². The first-order chi connectivity index (χ1) is 11.5. The minimum atomic E-state index is 0.833. The molecule has 2 aromatic rings. The van der Waals surface area contributed by atoms with Crippen LogP contribution in [0.4, 0.5) is 0 Å². The van der Waals surface area contributed by atoms with E-state index in [-0.39, 0.29) is 0 Å². The molecule has 24 heavy (non-hydrogen) atoms. The molecule has 0 aromatic carbocycles. The summed E-state index contributed by atoms with van der Waals surface area (Å²) in [5.74, 6) is 1.67. The highest BCUT2D eigenvalue weighted by Crippen LogP contribution is 1.81. The fourth-order valence-electron chi connectivity index (χ4n) is 0.458. The van der Waals surface area contributed by atoms with Gasteiger partial charge in [-0.3, -0.25) is 0 Å². The highest BCUT2D eigenvalue weighted by atomic mass is 14.9. The number of nitrogens with zero attached hydrogens (tertiary/aromatic N) is 5. The standard InChI is InChI=1S/C4H4N2.2C4H10.C3H3N3.2C2H6/c1-2-5-4-6-3-1;2*1-4(2)3;1-4-2-6-3-5-1;2*1-2/h1-4H;2*4H,1-3H3;1-3H;2*1-2H3. The maximum Gasteiger partial charge on any atom is 0.119 e. The number of hydrogen-bond acceptors (Lipinski definition) is 5. The first-order valence-corrected chi connectivity index (χ1v) is 8.71. The molecular weight excluding hydrogens is 298 g/mol. The maximum atomic E-state index is 3.67. The first-order valence-electron chi connectivity index (χ1n) is 8.71. The molecule has 0 radical (unpaired) electrons. The molecule has 0 fully saturated rings. The number of rotatable bonds is 0. The van der Waals surface area contributed by atoms with Gasteiger partial charge in [0.2, 0.25) is 0 Å². The van der Waals surface area contributed by atoms with Gasteiger partial charge in [-0.1, -0.05) is 69.2 Å². The average Bonchev–Trinajstić information content (AvgIpc) is 2.61. The Bertz CT molecular complexity index is 256. The zero-order valence-corrected chi connectivity index (χ0v) is 17.4. The van der Waals surface area contributed by atoms with Crippen LogP contribution in [0.5, 0.6) is 0 Å². The van der Waals surface area contributed by atoms with E-state index in [1.165, 1.54) is 25.3 Å². The Morgan fingerprint density at radius 3 is 0.750 bits per heavy atom. The third-order valence-corrected chi connectivity index (χ3v) is 0.878. The van der Waals surface area contributed by atoms with Gasteiger partial charge in [0, 0.05) is 12.4 Å². The lowest BCUT2D eigenvalue weighted by Crippen LogP contribution is -1.73. The fraction of sp³-hybridized carbons (Fsp3) is 0.632. The van der Waals surface area contributed by atoms with E-state index in [0.717, 1.165) is 11.8 Å². The first kappa shape index (κ1) is 30.0. The van der Waals surface area contributed by atoms with Crippen LogP contribution in [0, 0.1) is 11.8 Å². The molecule has 140 valence electrons. The van der Waals surface area contributed by atoms with Crippen LogP contribution in [-0.2, 0) is 0 Å². The molecule has 0 bridgehead atoms. The molecule has 0 N–H and O–H groups in total. The van der Waals surface area contributed by atoms with Crippen LogP contribution in [0.15, 0.2) is 43.8 Å². The Hall–Kier alpha value is -1.91. The van der Waals surface area contributed by atoms with E-state index < -0.39 is 0 Å². The lowest BCUT2D eigenvalue weighted by molar-refractivity contribution is 0.736. The molecule has 0 saturated carbocycles. The Kier molecular flexibility index (Phi) is 41.1. The maximum absolute atomic E-state index is 3.67. The molecule has 0 amide bonds. The van der Waals surface area contributed by atoms with Gasteiger partial charge in [0.15, 0.2) is 0 Å². The minimum Gasteiger partial charge on any atom is -0.245 e. The summed E-state index contributed by atoms with van der Waals surface area (Å²) in [7, 11) is 0. The predicted molar refractivity (Wildman–Crippen MR) is 106 cm³/mol. The van der Waals surface area contributed by atoms with Crippen LogP contribution in [0.1, 0.15) is 69.2 Å². The second kappa shape index (κ2) is 32.9. The van der Waals surface area contributed by atoms with Crippen molar-refractivity contribution in [3.8, 4) is 0 Å². The Labute approximate surface area is 150 Å². The molecule has 0 atom stereocenters. The summed E-state index contributed by atoms with van der Waals surface area (Å²) in [6.07, 6.45) is 9.19. The summed E-state index contributed by atoms with van der Waals surface area (Å²) in [6, 6.07) is 1.78. The molecule has 2 heterocycles. The van der Waals surface area contributed by atoms with E-state index in [9.17, 15) is 0 Å². The molecule has 2 aromatic heterocycles. The monoisotopic (exact) mass is 337 g/mol. The molecular formula is C19H39N5. The van der Waals surface area contributed by atoms with Crippen LogP contribution < -0.4 is 0 Å². The van der Waals surface area contributed by atoms with Gasteiger partial charge in [-0.15, -0.1) is 0 Å². The summed E-state index contributed by atoms with van der Waals surface area (Å²) in [4.78, 5) is 18.0. The van der Waals surface area contributed by atoms with Crippen molar-refractivity contribution in [3.05, 3.63) is 43.8 Å². The summed E-state index contributed by atoms with van der Waals surface area (Å²) in [6.45, 7) is 21.0. The van der Waals surface area contributed by atoms with Gasteiger partial charge in [0.05, 0.1) is 0 Å². The van der Waals surface area contributed by atoms with Crippen LogP contribution >= 0.6 is 0 Å². The van der Waals surface area contributed by atoms with E-state index in [0.29, 0.717) is 0 Å². The van der Waals surface area contributed by atoms with Crippen molar-refractivity contribution in [1.29, 1.82) is 0 Å². The smallest absolute Gasteiger partial charge is 0.119 e. The normalized spacial score (nSPS) is 7.50. The molecule has 5 nitrogen and oxygen atoms in total. The van der Waals surface area contributed by atoms with Gasteiger partial charge in [-0.25, -0.2) is 24.9 Å². The van der Waals surface area contributed by atoms with Gasteiger partial charge in [-0.05, 0) is 17.9 Å².